The van der Waals surface area contributed by atoms with Gasteiger partial charge in [0.25, 0.3) is 0 Å². The molecule has 0 rings (SSSR count). The lowest BCUT2D eigenvalue weighted by Crippen LogP contribution is -1.90. The summed E-state index contributed by atoms with van der Waals surface area (Å²) >= 11 is 1.39. The molecule has 0 aromatic heterocycles. The normalized spacial score (nSPS) is 14.0. The smallest absolute Gasteiger partial charge is 0.0987 e. The Morgan fingerprint density at radius 3 is 2.29 bits per heavy atom. The third-order valence-corrected chi connectivity index (χ3v) is 2.87. The van der Waals surface area contributed by atoms with Crippen LogP contribution in [0.15, 0.2) is 0 Å². The summed E-state index contributed by atoms with van der Waals surface area (Å²) in [6.45, 7) is 4.60. The summed E-state index contributed by atoms with van der Waals surface area (Å²) < 4.78 is 0. The average molecular weight is 114 g/mol. The highest BCUT2D eigenvalue weighted by Crippen LogP contribution is 2.06. The molecule has 0 aliphatic rings. The summed E-state index contributed by atoms with van der Waals surface area (Å²) in [5.74, 6) is 1.01. The van der Waals surface area contributed by atoms with Crippen LogP contribution >= 0.6 is 0 Å². The van der Waals surface area contributed by atoms with Crippen molar-refractivity contribution in [1.29, 1.82) is 0 Å². The maximum atomic E-state index is 2.34. The second-order valence-corrected chi connectivity index (χ2v) is 3.12. The molecule has 0 aromatic carbocycles. The van der Waals surface area contributed by atoms with Crippen LogP contribution in [-0.4, -0.2) is 16.3 Å². The van der Waals surface area contributed by atoms with Gasteiger partial charge in [0.1, 0.15) is 0 Å². The minimum absolute atomic E-state index is 1.01. The van der Waals surface area contributed by atoms with E-state index in [-0.39, 0.29) is 0 Å². The number of hydrogen-bond acceptors (Lipinski definition) is 0. The Morgan fingerprint density at radius 1 is 1.57 bits per heavy atom. The van der Waals surface area contributed by atoms with E-state index in [0.29, 0.717) is 0 Å². The van der Waals surface area contributed by atoms with Crippen LogP contribution in [0.2, 0.25) is 5.28 Å². The molecule has 42 valence electrons. The molecule has 0 nitrogen and oxygen atoms in total. The molecule has 7 heavy (non-hydrogen) atoms. The predicted octanol–water partition coefficient (Wildman–Crippen LogP) is 1.47. The van der Waals surface area contributed by atoms with Crippen LogP contribution in [0.25, 0.3) is 0 Å². The van der Waals surface area contributed by atoms with E-state index >= 15 is 0 Å². The summed E-state index contributed by atoms with van der Waals surface area (Å²) in [6, 6.07) is 0. The van der Waals surface area contributed by atoms with Gasteiger partial charge in [-0.3, -0.25) is 0 Å². The van der Waals surface area contributed by atoms with Gasteiger partial charge in [-0.15, -0.1) is 0 Å². The van der Waals surface area contributed by atoms with Gasteiger partial charge < -0.3 is 0 Å². The van der Waals surface area contributed by atoms with Crippen molar-refractivity contribution >= 4 is 16.3 Å². The van der Waals surface area contributed by atoms with Crippen LogP contribution in [-0.2, 0) is 0 Å². The van der Waals surface area contributed by atoms with Gasteiger partial charge in [0.15, 0.2) is 0 Å². The molecule has 0 bridgehead atoms. The fourth-order valence-electron chi connectivity index (χ4n) is 0.697. The molecule has 0 saturated heterocycles. The first-order valence-corrected chi connectivity index (χ1v) is 4.72. The van der Waals surface area contributed by atoms with E-state index in [0.717, 1.165) is 5.92 Å². The van der Waals surface area contributed by atoms with Crippen LogP contribution in [0.3, 0.4) is 0 Å². The summed E-state index contributed by atoms with van der Waals surface area (Å²) in [4.78, 5) is 0. The topological polar surface area (TPSA) is 0 Å². The standard InChI is InChI=1S/C6H13.Al.2H/c1-4-5-6(2)3;;;/h6H,2,4-5H2,1,3H3;;;. The third-order valence-electron chi connectivity index (χ3n) is 1.48. The zero-order valence-electron chi connectivity index (χ0n) is 5.70. The van der Waals surface area contributed by atoms with E-state index in [2.05, 4.69) is 13.8 Å². The van der Waals surface area contributed by atoms with Gasteiger partial charge in [-0.25, -0.2) is 0 Å². The van der Waals surface area contributed by atoms with Gasteiger partial charge in [-0.05, 0) is 0 Å². The summed E-state index contributed by atoms with van der Waals surface area (Å²) in [6.07, 6.45) is 2.80. The highest BCUT2D eigenvalue weighted by molar-refractivity contribution is 6.08. The van der Waals surface area contributed by atoms with Crippen LogP contribution in [0.4, 0.5) is 0 Å². The van der Waals surface area contributed by atoms with E-state index in [1.54, 1.807) is 0 Å². The SMILES string of the molecule is CCCC(C)[CH2][AlH2]. The van der Waals surface area contributed by atoms with Crippen molar-refractivity contribution < 1.29 is 0 Å². The monoisotopic (exact) mass is 114 g/mol. The average Bonchev–Trinajstić information content (AvgIpc) is 1.68. The Hall–Kier alpha value is 0.532. The lowest BCUT2D eigenvalue weighted by molar-refractivity contribution is 0.576. The fourth-order valence-corrected chi connectivity index (χ4v) is 1.11. The molecule has 1 atom stereocenters. The van der Waals surface area contributed by atoms with Crippen LogP contribution in [0.1, 0.15) is 26.7 Å². The molecule has 0 N–H and O–H groups in total. The van der Waals surface area contributed by atoms with Crippen LogP contribution in [0, 0.1) is 5.92 Å². The molecule has 0 amide bonds. The molecule has 0 aliphatic heterocycles. The second kappa shape index (κ2) is 4.69. The second-order valence-electron chi connectivity index (χ2n) is 2.30. The Labute approximate surface area is 54.7 Å². The maximum Gasteiger partial charge on any atom is 0.212 e. The molecule has 0 spiro atoms. The lowest BCUT2D eigenvalue weighted by atomic mass is 10.1. The van der Waals surface area contributed by atoms with Gasteiger partial charge in [0.2, 0.25) is 16.3 Å². The highest BCUT2D eigenvalue weighted by atomic mass is 27.0. The van der Waals surface area contributed by atoms with Crippen LogP contribution in [0.5, 0.6) is 0 Å². The molecule has 1 unspecified atom stereocenters. The Balaban J connectivity index is 2.83. The van der Waals surface area contributed by atoms with Crippen molar-refractivity contribution in [1.82, 2.24) is 0 Å². The van der Waals surface area contributed by atoms with Gasteiger partial charge >= 0.3 is 0 Å². The molecule has 0 aromatic rings. The van der Waals surface area contributed by atoms with Crippen molar-refractivity contribution in [2.45, 2.75) is 32.0 Å². The minimum atomic E-state index is 1.01. The Morgan fingerprint density at radius 2 is 2.14 bits per heavy atom. The van der Waals surface area contributed by atoms with Crippen molar-refractivity contribution in [2.75, 3.05) is 0 Å². The quantitative estimate of drug-likeness (QED) is 0.487. The van der Waals surface area contributed by atoms with E-state index in [1.165, 1.54) is 34.4 Å². The third kappa shape index (κ3) is 4.38. The van der Waals surface area contributed by atoms with Crippen molar-refractivity contribution in [3.63, 3.8) is 0 Å². The summed E-state index contributed by atoms with van der Waals surface area (Å²) in [5.41, 5.74) is 0. The molecule has 0 aliphatic carbocycles. The summed E-state index contributed by atoms with van der Waals surface area (Å²) in [7, 11) is 0. The minimum Gasteiger partial charge on any atom is -0.0987 e. The van der Waals surface area contributed by atoms with Gasteiger partial charge in [-0.1, -0.05) is 37.9 Å². The number of rotatable bonds is 3. The number of hydrogen-bond donors (Lipinski definition) is 0. The molecule has 0 radical (unpaired) electrons. The lowest BCUT2D eigenvalue weighted by Gasteiger charge is -2.02. The molecule has 0 fully saturated rings. The molecule has 0 heterocycles. The van der Waals surface area contributed by atoms with E-state index < -0.39 is 0 Å². The Kier molecular flexibility index (Phi) is 5.04. The largest absolute Gasteiger partial charge is 0.212 e. The van der Waals surface area contributed by atoms with E-state index in [9.17, 15) is 0 Å². The van der Waals surface area contributed by atoms with Crippen LogP contribution < -0.4 is 0 Å². The summed E-state index contributed by atoms with van der Waals surface area (Å²) in [5, 5.41) is 1.48. The maximum absolute atomic E-state index is 2.34. The van der Waals surface area contributed by atoms with Gasteiger partial charge in [-0.2, -0.15) is 0 Å². The van der Waals surface area contributed by atoms with Crippen molar-refractivity contribution in [3.05, 3.63) is 0 Å². The van der Waals surface area contributed by atoms with E-state index in [4.69, 9.17) is 0 Å². The predicted molar refractivity (Wildman–Crippen MR) is 37.4 cm³/mol. The van der Waals surface area contributed by atoms with Gasteiger partial charge in [0.05, 0.1) is 0 Å². The van der Waals surface area contributed by atoms with Crippen molar-refractivity contribution in [3.8, 4) is 0 Å². The Bertz CT molecular complexity index is 35.2. The molecular weight excluding hydrogens is 99.0 g/mol. The first-order chi connectivity index (χ1) is 3.31. The van der Waals surface area contributed by atoms with Crippen molar-refractivity contribution in [2.24, 2.45) is 5.92 Å². The fraction of sp³-hybridized carbons (Fsp3) is 1.00. The molecule has 0 saturated carbocycles. The first-order valence-electron chi connectivity index (χ1n) is 3.31. The highest BCUT2D eigenvalue weighted by Gasteiger charge is 1.92. The zero-order chi connectivity index (χ0) is 5.70. The molecular formula is C6H15Al. The molecule has 1 heteroatoms. The van der Waals surface area contributed by atoms with E-state index in [1.807, 2.05) is 0 Å². The zero-order valence-corrected chi connectivity index (χ0v) is 7.70. The van der Waals surface area contributed by atoms with Gasteiger partial charge in [0, 0.05) is 0 Å². The first kappa shape index (κ1) is 7.53.